The van der Waals surface area contributed by atoms with Crippen molar-refractivity contribution in [3.63, 3.8) is 0 Å². The van der Waals surface area contributed by atoms with Crippen LogP contribution in [0, 0.1) is 11.3 Å². The van der Waals surface area contributed by atoms with E-state index in [4.69, 9.17) is 16.9 Å². The van der Waals surface area contributed by atoms with Crippen molar-refractivity contribution in [2.24, 2.45) is 0 Å². The van der Waals surface area contributed by atoms with Crippen LogP contribution in [0.15, 0.2) is 67.0 Å². The van der Waals surface area contributed by atoms with Crippen LogP contribution in [0.3, 0.4) is 0 Å². The number of benzene rings is 2. The van der Waals surface area contributed by atoms with Gasteiger partial charge in [0, 0.05) is 49.3 Å². The molecule has 0 spiro atoms. The molecule has 5 nitrogen and oxygen atoms in total. The van der Waals surface area contributed by atoms with E-state index in [1.54, 1.807) is 30.3 Å². The molecule has 1 fully saturated rings. The van der Waals surface area contributed by atoms with Crippen LogP contribution in [0.4, 0.5) is 5.69 Å². The van der Waals surface area contributed by atoms with E-state index >= 15 is 0 Å². The Morgan fingerprint density at radius 3 is 2.34 bits per heavy atom. The summed E-state index contributed by atoms with van der Waals surface area (Å²) in [5.41, 5.74) is 4.19. The van der Waals surface area contributed by atoms with Crippen molar-refractivity contribution in [2.45, 2.75) is 32.0 Å². The molecule has 1 saturated carbocycles. The van der Waals surface area contributed by atoms with E-state index in [0.29, 0.717) is 22.2 Å². The number of pyridine rings is 1. The Morgan fingerprint density at radius 2 is 1.72 bits per heavy atom. The number of nitriles is 1. The lowest BCUT2D eigenvalue weighted by atomic mass is 10.1. The van der Waals surface area contributed by atoms with Gasteiger partial charge in [-0.3, -0.25) is 14.7 Å². The summed E-state index contributed by atoms with van der Waals surface area (Å²) in [5, 5.41) is 9.63. The lowest BCUT2D eigenvalue weighted by molar-refractivity contribution is 0.0992. The van der Waals surface area contributed by atoms with Gasteiger partial charge in [-0.1, -0.05) is 23.7 Å². The fraction of sp³-hybridized carbons (Fsp3) is 0.240. The van der Waals surface area contributed by atoms with E-state index in [1.165, 1.54) is 18.4 Å². The number of carbonyl (C=O) groups is 1. The van der Waals surface area contributed by atoms with E-state index < -0.39 is 0 Å². The summed E-state index contributed by atoms with van der Waals surface area (Å²) < 4.78 is 0. The van der Waals surface area contributed by atoms with E-state index in [1.807, 2.05) is 48.7 Å². The number of amides is 1. The van der Waals surface area contributed by atoms with Crippen LogP contribution in [0.5, 0.6) is 0 Å². The van der Waals surface area contributed by atoms with Gasteiger partial charge in [-0.25, -0.2) is 0 Å². The number of anilines is 1. The molecule has 1 aliphatic carbocycles. The van der Waals surface area contributed by atoms with Gasteiger partial charge in [0.15, 0.2) is 0 Å². The quantitative estimate of drug-likeness (QED) is 0.463. The van der Waals surface area contributed by atoms with Gasteiger partial charge in [0.05, 0.1) is 17.2 Å². The molecular formula is C25H24Cl2N4O. The van der Waals surface area contributed by atoms with Gasteiger partial charge in [0.1, 0.15) is 0 Å². The Kier molecular flexibility index (Phi) is 7.87. The van der Waals surface area contributed by atoms with Crippen LogP contribution in [0.1, 0.15) is 39.9 Å². The second kappa shape index (κ2) is 10.6. The fourth-order valence-electron chi connectivity index (χ4n) is 3.57. The Balaban J connectivity index is 0.00000289. The minimum atomic E-state index is -0.110. The van der Waals surface area contributed by atoms with Crippen molar-refractivity contribution in [1.82, 2.24) is 9.88 Å². The standard InChI is InChI=1S/C25H23ClN4O.ClH/c1-29(23-8-6-22(26)7-9-23)25(31)21-12-20(14-28-15-21)17-30(24-10-11-24)16-19-4-2-18(13-27)3-5-19;/h2-9,12,14-15,24H,10-11,16-17H2,1H3;1H. The molecule has 164 valence electrons. The highest BCUT2D eigenvalue weighted by atomic mass is 35.5. The average molecular weight is 467 g/mol. The SMILES string of the molecule is CN(C(=O)c1cncc(CN(Cc2ccc(C#N)cc2)C2CC2)c1)c1ccc(Cl)cc1.Cl. The third kappa shape index (κ3) is 5.86. The van der Waals surface area contributed by atoms with Crippen LogP contribution < -0.4 is 4.90 Å². The first-order valence-electron chi connectivity index (χ1n) is 10.2. The summed E-state index contributed by atoms with van der Waals surface area (Å²) in [4.78, 5) is 21.3. The zero-order valence-corrected chi connectivity index (χ0v) is 19.3. The van der Waals surface area contributed by atoms with Crippen molar-refractivity contribution >= 4 is 35.6 Å². The smallest absolute Gasteiger partial charge is 0.259 e. The summed E-state index contributed by atoms with van der Waals surface area (Å²) in [5.74, 6) is -0.110. The Morgan fingerprint density at radius 1 is 1.06 bits per heavy atom. The number of rotatable bonds is 7. The van der Waals surface area contributed by atoms with Gasteiger partial charge in [-0.15, -0.1) is 12.4 Å². The van der Waals surface area contributed by atoms with Crippen molar-refractivity contribution in [2.75, 3.05) is 11.9 Å². The molecule has 0 bridgehead atoms. The van der Waals surface area contributed by atoms with Crippen LogP contribution in [-0.4, -0.2) is 28.9 Å². The molecule has 1 amide bonds. The van der Waals surface area contributed by atoms with E-state index in [-0.39, 0.29) is 18.3 Å². The topological polar surface area (TPSA) is 60.2 Å². The molecule has 0 atom stereocenters. The van der Waals surface area contributed by atoms with E-state index in [0.717, 1.165) is 24.3 Å². The average Bonchev–Trinajstić information content (AvgIpc) is 3.64. The summed E-state index contributed by atoms with van der Waals surface area (Å²) in [7, 11) is 1.75. The van der Waals surface area contributed by atoms with E-state index in [2.05, 4.69) is 16.0 Å². The molecule has 7 heteroatoms. The zero-order chi connectivity index (χ0) is 21.8. The van der Waals surface area contributed by atoms with Gasteiger partial charge in [0.25, 0.3) is 5.91 Å². The summed E-state index contributed by atoms with van der Waals surface area (Å²) in [6.07, 6.45) is 5.80. The third-order valence-corrected chi connectivity index (χ3v) is 5.73. The molecule has 0 saturated heterocycles. The molecule has 1 aliphatic rings. The predicted octanol–water partition coefficient (Wildman–Crippen LogP) is 5.47. The lowest BCUT2D eigenvalue weighted by Crippen LogP contribution is -2.27. The van der Waals surface area contributed by atoms with Gasteiger partial charge < -0.3 is 4.90 Å². The van der Waals surface area contributed by atoms with Crippen LogP contribution in [0.2, 0.25) is 5.02 Å². The van der Waals surface area contributed by atoms with Crippen LogP contribution >= 0.6 is 24.0 Å². The van der Waals surface area contributed by atoms with Crippen LogP contribution in [-0.2, 0) is 13.1 Å². The maximum absolute atomic E-state index is 13.0. The molecule has 3 aromatic rings. The highest BCUT2D eigenvalue weighted by molar-refractivity contribution is 6.30. The minimum Gasteiger partial charge on any atom is -0.311 e. The first kappa shape index (κ1) is 23.7. The maximum Gasteiger partial charge on any atom is 0.259 e. The number of nitrogens with zero attached hydrogens (tertiary/aromatic N) is 4. The molecule has 1 heterocycles. The fourth-order valence-corrected chi connectivity index (χ4v) is 3.70. The van der Waals surface area contributed by atoms with Crippen LogP contribution in [0.25, 0.3) is 0 Å². The Labute approximate surface area is 199 Å². The molecule has 4 rings (SSSR count). The van der Waals surface area contributed by atoms with Gasteiger partial charge in [-0.2, -0.15) is 5.26 Å². The summed E-state index contributed by atoms with van der Waals surface area (Å²) >= 11 is 5.95. The highest BCUT2D eigenvalue weighted by Gasteiger charge is 2.29. The molecule has 1 aromatic heterocycles. The molecular weight excluding hydrogens is 443 g/mol. The number of halogens is 2. The third-order valence-electron chi connectivity index (χ3n) is 5.48. The molecule has 0 aliphatic heterocycles. The second-order valence-electron chi connectivity index (χ2n) is 7.87. The predicted molar refractivity (Wildman–Crippen MR) is 129 cm³/mol. The molecule has 0 radical (unpaired) electrons. The highest BCUT2D eigenvalue weighted by Crippen LogP contribution is 2.30. The van der Waals surface area contributed by atoms with Crippen molar-refractivity contribution in [1.29, 1.82) is 5.26 Å². The van der Waals surface area contributed by atoms with Gasteiger partial charge in [-0.05, 0) is 66.4 Å². The Bertz CT molecular complexity index is 1110. The van der Waals surface area contributed by atoms with Crippen molar-refractivity contribution in [3.05, 3.63) is 94.3 Å². The molecule has 0 unspecified atom stereocenters. The zero-order valence-electron chi connectivity index (χ0n) is 17.7. The maximum atomic E-state index is 13.0. The van der Waals surface area contributed by atoms with Gasteiger partial charge >= 0.3 is 0 Å². The molecule has 32 heavy (non-hydrogen) atoms. The first-order chi connectivity index (χ1) is 15.0. The second-order valence-corrected chi connectivity index (χ2v) is 8.30. The minimum absolute atomic E-state index is 0. The van der Waals surface area contributed by atoms with E-state index in [9.17, 15) is 4.79 Å². The van der Waals surface area contributed by atoms with Crippen molar-refractivity contribution < 1.29 is 4.79 Å². The first-order valence-corrected chi connectivity index (χ1v) is 10.6. The number of carbonyl (C=O) groups excluding carboxylic acids is 1. The molecule has 2 aromatic carbocycles. The monoisotopic (exact) mass is 466 g/mol. The number of aromatic nitrogens is 1. The number of hydrogen-bond acceptors (Lipinski definition) is 4. The summed E-state index contributed by atoms with van der Waals surface area (Å²) in [6, 6.07) is 19.5. The van der Waals surface area contributed by atoms with Gasteiger partial charge in [0.2, 0.25) is 0 Å². The number of hydrogen-bond donors (Lipinski definition) is 0. The van der Waals surface area contributed by atoms with Crippen molar-refractivity contribution in [3.8, 4) is 6.07 Å². The largest absolute Gasteiger partial charge is 0.311 e. The Hall–Kier alpha value is -2.91. The lowest BCUT2D eigenvalue weighted by Gasteiger charge is -2.23. The summed E-state index contributed by atoms with van der Waals surface area (Å²) in [6.45, 7) is 1.53. The molecule has 0 N–H and O–H groups in total. The normalized spacial score (nSPS) is 12.7.